The monoisotopic (exact) mass is 497 g/mol. The normalized spacial score (nSPS) is 21.2. The Morgan fingerprint density at radius 2 is 1.76 bits per heavy atom. The summed E-state index contributed by atoms with van der Waals surface area (Å²) < 4.78 is 19.6. The van der Waals surface area contributed by atoms with E-state index in [1.807, 2.05) is 49.4 Å². The van der Waals surface area contributed by atoms with E-state index in [0.29, 0.717) is 18.5 Å². The molecule has 7 heteroatoms. The lowest BCUT2D eigenvalue weighted by molar-refractivity contribution is -0.166. The molecule has 2 aliphatic heterocycles. The Balaban J connectivity index is 1.43. The van der Waals surface area contributed by atoms with Crippen LogP contribution in [0.25, 0.3) is 10.9 Å². The van der Waals surface area contributed by atoms with Gasteiger partial charge in [-0.05, 0) is 54.3 Å². The van der Waals surface area contributed by atoms with E-state index in [9.17, 15) is 14.0 Å². The SMILES string of the molecule is COc1ccc([C@H]2CN3C(=O)CN(CCc4ccccc4F)C(=O)[C@]3(C)c3[nH]c4ccccc4c32)cc1. The lowest BCUT2D eigenvalue weighted by Gasteiger charge is -2.51. The van der Waals surface area contributed by atoms with Crippen LogP contribution in [-0.2, 0) is 21.5 Å². The van der Waals surface area contributed by atoms with Crippen molar-refractivity contribution in [3.63, 3.8) is 0 Å². The second-order valence-corrected chi connectivity index (χ2v) is 9.93. The van der Waals surface area contributed by atoms with E-state index in [2.05, 4.69) is 11.1 Å². The minimum absolute atomic E-state index is 0.0201. The summed E-state index contributed by atoms with van der Waals surface area (Å²) in [7, 11) is 1.63. The number of methoxy groups -OCH3 is 1. The number of piperazine rings is 1. The Morgan fingerprint density at radius 1 is 1.03 bits per heavy atom. The number of hydrogen-bond donors (Lipinski definition) is 1. The first-order chi connectivity index (χ1) is 17.9. The largest absolute Gasteiger partial charge is 0.497 e. The van der Waals surface area contributed by atoms with Gasteiger partial charge in [0.2, 0.25) is 5.91 Å². The van der Waals surface area contributed by atoms with Crippen LogP contribution in [0.5, 0.6) is 5.75 Å². The number of fused-ring (bicyclic) bond motifs is 5. The molecule has 2 atom stereocenters. The molecule has 4 aromatic rings. The topological polar surface area (TPSA) is 65.6 Å². The number of hydrogen-bond acceptors (Lipinski definition) is 3. The van der Waals surface area contributed by atoms with E-state index in [0.717, 1.165) is 33.5 Å². The average Bonchev–Trinajstić information content (AvgIpc) is 3.32. The molecule has 1 aromatic heterocycles. The van der Waals surface area contributed by atoms with E-state index in [1.165, 1.54) is 6.07 Å². The van der Waals surface area contributed by atoms with Gasteiger partial charge in [0.25, 0.3) is 5.91 Å². The summed E-state index contributed by atoms with van der Waals surface area (Å²) in [5.74, 6) is 0.0945. The van der Waals surface area contributed by atoms with Crippen molar-refractivity contribution in [3.8, 4) is 5.75 Å². The highest BCUT2D eigenvalue weighted by Gasteiger charge is 2.56. The van der Waals surface area contributed by atoms with Gasteiger partial charge in [0, 0.05) is 29.9 Å². The lowest BCUT2D eigenvalue weighted by Crippen LogP contribution is -2.67. The van der Waals surface area contributed by atoms with Crippen LogP contribution < -0.4 is 4.74 Å². The summed E-state index contributed by atoms with van der Waals surface area (Å²) >= 11 is 0. The number of nitrogens with one attached hydrogen (secondary N) is 1. The third-order valence-corrected chi connectivity index (χ3v) is 7.94. The number of halogens is 1. The van der Waals surface area contributed by atoms with Crippen LogP contribution in [0.4, 0.5) is 4.39 Å². The van der Waals surface area contributed by atoms with E-state index in [-0.39, 0.29) is 36.6 Å². The quantitative estimate of drug-likeness (QED) is 0.439. The number of nitrogens with zero attached hydrogens (tertiary/aromatic N) is 2. The molecule has 3 heterocycles. The molecule has 0 aliphatic carbocycles. The fraction of sp³-hybridized carbons (Fsp3) is 0.267. The number of H-pyrrole nitrogens is 1. The van der Waals surface area contributed by atoms with Gasteiger partial charge in [0.05, 0.1) is 19.3 Å². The summed E-state index contributed by atoms with van der Waals surface area (Å²) in [6, 6.07) is 22.5. The fourth-order valence-electron chi connectivity index (χ4n) is 5.95. The molecule has 0 spiro atoms. The number of ether oxygens (including phenoxy) is 1. The van der Waals surface area contributed by atoms with Gasteiger partial charge in [-0.1, -0.05) is 48.5 Å². The van der Waals surface area contributed by atoms with Gasteiger partial charge >= 0.3 is 0 Å². The molecule has 0 unspecified atom stereocenters. The molecule has 0 radical (unpaired) electrons. The predicted octanol–water partition coefficient (Wildman–Crippen LogP) is 4.59. The maximum Gasteiger partial charge on any atom is 0.254 e. The number of carbonyl (C=O) groups is 2. The molecule has 188 valence electrons. The van der Waals surface area contributed by atoms with Crippen molar-refractivity contribution in [2.45, 2.75) is 24.8 Å². The molecule has 2 aliphatic rings. The molecule has 0 saturated carbocycles. The molecule has 1 fully saturated rings. The van der Waals surface area contributed by atoms with Crippen LogP contribution in [0.15, 0.2) is 72.8 Å². The number of rotatable bonds is 5. The van der Waals surface area contributed by atoms with Crippen molar-refractivity contribution in [3.05, 3.63) is 101 Å². The standard InChI is InChI=1S/C30H28FN3O3/c1-30-28-27(22-8-4-6-10-25(22)32-28)23(19-11-13-21(37-2)14-12-19)17-34(30)26(35)18-33(29(30)36)16-15-20-7-3-5-9-24(20)31/h3-14,23,32H,15-18H2,1-2H3/t23-,30+/m1/s1. The van der Waals surface area contributed by atoms with Crippen LogP contribution in [0.3, 0.4) is 0 Å². The molecule has 1 N–H and O–H groups in total. The molecule has 2 amide bonds. The van der Waals surface area contributed by atoms with Crippen molar-refractivity contribution in [1.82, 2.24) is 14.8 Å². The number of aromatic nitrogens is 1. The third-order valence-electron chi connectivity index (χ3n) is 7.94. The van der Waals surface area contributed by atoms with Gasteiger partial charge < -0.3 is 19.5 Å². The highest BCUT2D eigenvalue weighted by molar-refractivity contribution is 6.01. The van der Waals surface area contributed by atoms with Crippen molar-refractivity contribution in [1.29, 1.82) is 0 Å². The molecule has 0 bridgehead atoms. The molecule has 37 heavy (non-hydrogen) atoms. The number of aromatic amines is 1. The molecule has 1 saturated heterocycles. The van der Waals surface area contributed by atoms with E-state index < -0.39 is 5.54 Å². The van der Waals surface area contributed by atoms with Crippen LogP contribution in [-0.4, -0.2) is 53.3 Å². The number of amides is 2. The smallest absolute Gasteiger partial charge is 0.254 e. The van der Waals surface area contributed by atoms with E-state index in [4.69, 9.17) is 4.74 Å². The van der Waals surface area contributed by atoms with Gasteiger partial charge in [-0.25, -0.2) is 4.39 Å². The minimum atomic E-state index is -1.18. The van der Waals surface area contributed by atoms with Gasteiger partial charge in [-0.15, -0.1) is 0 Å². The van der Waals surface area contributed by atoms with Gasteiger partial charge in [0.15, 0.2) is 5.54 Å². The van der Waals surface area contributed by atoms with Crippen LogP contribution in [0, 0.1) is 5.82 Å². The van der Waals surface area contributed by atoms with Crippen LogP contribution in [0.2, 0.25) is 0 Å². The molecular weight excluding hydrogens is 469 g/mol. The first-order valence-electron chi connectivity index (χ1n) is 12.5. The highest BCUT2D eigenvalue weighted by atomic mass is 19.1. The Morgan fingerprint density at radius 3 is 2.51 bits per heavy atom. The van der Waals surface area contributed by atoms with Gasteiger partial charge in [-0.2, -0.15) is 0 Å². The summed E-state index contributed by atoms with van der Waals surface area (Å²) in [5, 5.41) is 1.04. The van der Waals surface area contributed by atoms with Gasteiger partial charge in [-0.3, -0.25) is 9.59 Å². The average molecular weight is 498 g/mol. The summed E-state index contributed by atoms with van der Waals surface area (Å²) in [4.78, 5) is 34.5. The summed E-state index contributed by atoms with van der Waals surface area (Å²) in [6.07, 6.45) is 0.343. The first-order valence-corrected chi connectivity index (χ1v) is 12.5. The van der Waals surface area contributed by atoms with E-state index in [1.54, 1.807) is 35.1 Å². The Bertz CT molecular complexity index is 1510. The maximum atomic E-state index is 14.2. The third kappa shape index (κ3) is 3.60. The molecular formula is C30H28FN3O3. The lowest BCUT2D eigenvalue weighted by atomic mass is 9.76. The minimum Gasteiger partial charge on any atom is -0.497 e. The summed E-state index contributed by atoms with van der Waals surface area (Å²) in [6.45, 7) is 2.48. The van der Waals surface area contributed by atoms with E-state index >= 15 is 0 Å². The molecule has 3 aromatic carbocycles. The Hall–Kier alpha value is -4.13. The van der Waals surface area contributed by atoms with Crippen molar-refractivity contribution in [2.24, 2.45) is 0 Å². The zero-order chi connectivity index (χ0) is 25.7. The molecule has 6 rings (SSSR count). The Kier molecular flexibility index (Phi) is 5.51. The highest BCUT2D eigenvalue weighted by Crippen LogP contribution is 2.48. The van der Waals surface area contributed by atoms with Crippen molar-refractivity contribution < 1.29 is 18.7 Å². The maximum absolute atomic E-state index is 14.2. The zero-order valence-electron chi connectivity index (χ0n) is 20.8. The second kappa shape index (κ2) is 8.76. The fourth-order valence-corrected chi connectivity index (χ4v) is 5.95. The van der Waals surface area contributed by atoms with Crippen LogP contribution in [0.1, 0.15) is 35.2 Å². The Labute approximate surface area is 214 Å². The van der Waals surface area contributed by atoms with Gasteiger partial charge in [0.1, 0.15) is 11.6 Å². The molecule has 6 nitrogen and oxygen atoms in total. The second-order valence-electron chi connectivity index (χ2n) is 9.93. The predicted molar refractivity (Wildman–Crippen MR) is 139 cm³/mol. The first kappa shape index (κ1) is 23.3. The zero-order valence-corrected chi connectivity index (χ0v) is 20.8. The van der Waals surface area contributed by atoms with Crippen molar-refractivity contribution >= 4 is 22.7 Å². The van der Waals surface area contributed by atoms with Crippen LogP contribution >= 0.6 is 0 Å². The van der Waals surface area contributed by atoms with Crippen molar-refractivity contribution in [2.75, 3.05) is 26.7 Å². The number of benzene rings is 3. The summed E-state index contributed by atoms with van der Waals surface area (Å²) in [5.41, 5.74) is 3.12. The number of para-hydroxylation sites is 1. The number of carbonyl (C=O) groups excluding carboxylic acids is 2.